The van der Waals surface area contributed by atoms with Crippen LogP contribution in [0.15, 0.2) is 55.0 Å². The van der Waals surface area contributed by atoms with Crippen molar-refractivity contribution in [1.29, 1.82) is 0 Å². The van der Waals surface area contributed by atoms with Crippen LogP contribution in [0.25, 0.3) is 10.9 Å². The summed E-state index contributed by atoms with van der Waals surface area (Å²) in [5.41, 5.74) is -0.947. The van der Waals surface area contributed by atoms with E-state index in [1.807, 2.05) is 59.7 Å². The summed E-state index contributed by atoms with van der Waals surface area (Å²) in [6.45, 7) is 15.7. The molecule has 0 unspecified atom stereocenters. The molecule has 0 aliphatic heterocycles. The molecule has 0 saturated heterocycles. The highest BCUT2D eigenvalue weighted by atomic mass is 31.2. The van der Waals surface area contributed by atoms with E-state index in [9.17, 15) is 18.1 Å². The molecule has 4 aromatic rings. The average molecular weight is 732 g/mol. The Kier molecular flexibility index (Phi) is 13.6. The summed E-state index contributed by atoms with van der Waals surface area (Å²) in [5, 5.41) is 10.6. The van der Waals surface area contributed by atoms with E-state index in [4.69, 9.17) is 18.3 Å². The highest BCUT2D eigenvalue weighted by Gasteiger charge is 2.37. The number of carbonyl (C=O) groups excluding carboxylic acids is 1. The van der Waals surface area contributed by atoms with Crippen molar-refractivity contribution in [3.63, 3.8) is 0 Å². The maximum absolute atomic E-state index is 13.9. The van der Waals surface area contributed by atoms with Gasteiger partial charge in [0.05, 0.1) is 35.6 Å². The minimum absolute atomic E-state index is 0.211. The summed E-state index contributed by atoms with van der Waals surface area (Å²) >= 11 is 0. The van der Waals surface area contributed by atoms with Crippen molar-refractivity contribution in [1.82, 2.24) is 24.6 Å². The van der Waals surface area contributed by atoms with Gasteiger partial charge in [0.25, 0.3) is 0 Å². The minimum atomic E-state index is -3.75. The number of fused-ring (bicyclic) bond motifs is 1. The van der Waals surface area contributed by atoms with Gasteiger partial charge in [0.2, 0.25) is 5.91 Å². The number of ether oxygens (including phenoxy) is 1. The summed E-state index contributed by atoms with van der Waals surface area (Å²) in [6.07, 6.45) is 4.72. The van der Waals surface area contributed by atoms with Crippen LogP contribution in [0.1, 0.15) is 61.3 Å². The molecule has 1 amide bonds. The van der Waals surface area contributed by atoms with Gasteiger partial charge in [-0.05, 0) is 91.7 Å². The fraction of sp³-hybridized carbons (Fsp3) is 0.486. The third-order valence-corrected chi connectivity index (χ3v) is 9.08. The lowest BCUT2D eigenvalue weighted by atomic mass is 10.2. The van der Waals surface area contributed by atoms with Crippen LogP contribution in [0.4, 0.5) is 26.1 Å². The molecule has 0 fully saturated rings. The number of likely N-dealkylation sites (N-methyl/N-ethyl adjacent to an activating group) is 1. The second-order valence-corrected chi connectivity index (χ2v) is 15.3. The number of nitrogens with one attached hydrogen (secondary N) is 2. The Hall–Kier alpha value is -4.01. The lowest BCUT2D eigenvalue weighted by Crippen LogP contribution is -2.30. The Balaban J connectivity index is 1.23. The molecule has 0 atom stereocenters. The quantitative estimate of drug-likeness (QED) is 0.0767. The number of carbonyl (C=O) groups is 1. The predicted octanol–water partition coefficient (Wildman–Crippen LogP) is 7.72. The first-order valence-corrected chi connectivity index (χ1v) is 18.3. The molecule has 16 heteroatoms. The van der Waals surface area contributed by atoms with E-state index in [1.165, 1.54) is 23.1 Å². The summed E-state index contributed by atoms with van der Waals surface area (Å²) < 4.78 is 65.1. The van der Waals surface area contributed by atoms with Crippen molar-refractivity contribution in [2.24, 2.45) is 0 Å². The molecule has 0 aliphatic rings. The Labute approximate surface area is 297 Å². The van der Waals surface area contributed by atoms with Gasteiger partial charge in [0.15, 0.2) is 17.5 Å². The number of aromatic nitrogens is 4. The average Bonchev–Trinajstić information content (AvgIpc) is 3.46. The van der Waals surface area contributed by atoms with Gasteiger partial charge < -0.3 is 20.3 Å². The number of anilines is 3. The number of phosphoric acid groups is 1. The van der Waals surface area contributed by atoms with Crippen LogP contribution in [-0.4, -0.2) is 74.6 Å². The summed E-state index contributed by atoms with van der Waals surface area (Å²) in [5.74, 6) is -1.13. The molecule has 2 N–H and O–H groups in total. The van der Waals surface area contributed by atoms with Crippen molar-refractivity contribution >= 4 is 42.0 Å². The largest absolute Gasteiger partial charge is 0.494 e. The first-order valence-electron chi connectivity index (χ1n) is 16.8. The topological polar surface area (TPSA) is 142 Å². The number of benzene rings is 2. The molecule has 0 saturated carbocycles. The Morgan fingerprint density at radius 3 is 2.41 bits per heavy atom. The lowest BCUT2D eigenvalue weighted by Gasteiger charge is -2.31. The second kappa shape index (κ2) is 17.5. The zero-order chi connectivity index (χ0) is 37.2. The molecular weight excluding hydrogens is 683 g/mol. The van der Waals surface area contributed by atoms with Crippen LogP contribution >= 0.6 is 7.82 Å². The van der Waals surface area contributed by atoms with Crippen molar-refractivity contribution in [3.8, 4) is 5.75 Å². The van der Waals surface area contributed by atoms with E-state index >= 15 is 0 Å². The number of halogens is 2. The lowest BCUT2D eigenvalue weighted by molar-refractivity contribution is -0.116. The number of unbranched alkanes of at least 4 members (excludes halogenated alkanes) is 1. The number of nitrogens with zero attached hydrogens (tertiary/aromatic N) is 5. The SMILES string of the molecule is CCN(CCCCOc1ccc2c(Nc3ccn(CC(=O)Nc4cccc(F)c4F)n3)ncnc2c1)CCOP(=O)(OC(C)(C)C)OC(C)(C)C. The predicted molar refractivity (Wildman–Crippen MR) is 192 cm³/mol. The van der Waals surface area contributed by atoms with Crippen LogP contribution in [0, 0.1) is 11.6 Å². The molecule has 2 heterocycles. The summed E-state index contributed by atoms with van der Waals surface area (Å²) in [4.78, 5) is 23.3. The monoisotopic (exact) mass is 731 g/mol. The van der Waals surface area contributed by atoms with E-state index < -0.39 is 36.6 Å². The highest BCUT2D eigenvalue weighted by molar-refractivity contribution is 7.48. The zero-order valence-electron chi connectivity index (χ0n) is 30.2. The Bertz CT molecular complexity index is 1790. The molecule has 0 radical (unpaired) electrons. The molecule has 2 aromatic heterocycles. The number of hydrogen-bond acceptors (Lipinski definition) is 11. The van der Waals surface area contributed by atoms with Gasteiger partial charge in [-0.15, -0.1) is 0 Å². The van der Waals surface area contributed by atoms with Crippen molar-refractivity contribution in [2.75, 3.05) is 43.5 Å². The fourth-order valence-corrected chi connectivity index (χ4v) is 6.67. The highest BCUT2D eigenvalue weighted by Crippen LogP contribution is 2.55. The van der Waals surface area contributed by atoms with Crippen molar-refractivity contribution in [2.45, 2.75) is 79.1 Å². The summed E-state index contributed by atoms with van der Waals surface area (Å²) in [7, 11) is -3.75. The molecule has 0 aliphatic carbocycles. The zero-order valence-corrected chi connectivity index (χ0v) is 31.1. The van der Waals surface area contributed by atoms with Gasteiger partial charge in [-0.3, -0.25) is 23.0 Å². The molecule has 4 rings (SSSR count). The standard InChI is InChI=1S/C35H48F2N7O6P/c1-8-43(19-21-48-51(46,49-34(2,3)4)50-35(5,6)7)17-9-10-20-47-25-14-15-26-29(22-25)38-24-39-33(26)41-30-16-18-44(42-30)23-31(45)40-28-13-11-12-27(36)32(28)37/h11-16,18,22,24H,8-10,17,19-21,23H2,1-7H3,(H,40,45)(H,38,39,41,42). The molecule has 278 valence electrons. The normalized spacial score (nSPS) is 12.4. The smallest absolute Gasteiger partial charge is 0.475 e. The van der Waals surface area contributed by atoms with Gasteiger partial charge in [0.1, 0.15) is 24.4 Å². The van der Waals surface area contributed by atoms with Crippen LogP contribution in [0.5, 0.6) is 5.75 Å². The Morgan fingerprint density at radius 2 is 1.71 bits per heavy atom. The summed E-state index contributed by atoms with van der Waals surface area (Å²) in [6, 6.07) is 10.8. The molecular formula is C35H48F2N7O6P. The van der Waals surface area contributed by atoms with Crippen LogP contribution < -0.4 is 15.4 Å². The van der Waals surface area contributed by atoms with E-state index in [2.05, 4.69) is 37.5 Å². The van der Waals surface area contributed by atoms with E-state index in [0.29, 0.717) is 36.1 Å². The third-order valence-electron chi connectivity index (χ3n) is 7.04. The Morgan fingerprint density at radius 1 is 0.961 bits per heavy atom. The van der Waals surface area contributed by atoms with Crippen molar-refractivity contribution in [3.05, 3.63) is 66.6 Å². The minimum Gasteiger partial charge on any atom is -0.494 e. The van der Waals surface area contributed by atoms with E-state index in [1.54, 1.807) is 12.3 Å². The van der Waals surface area contributed by atoms with E-state index in [0.717, 1.165) is 37.4 Å². The molecule has 51 heavy (non-hydrogen) atoms. The van der Waals surface area contributed by atoms with Crippen LogP contribution in [0.2, 0.25) is 0 Å². The van der Waals surface area contributed by atoms with Gasteiger partial charge in [0, 0.05) is 30.3 Å². The second-order valence-electron chi connectivity index (χ2n) is 13.8. The number of hydrogen-bond donors (Lipinski definition) is 2. The van der Waals surface area contributed by atoms with Crippen LogP contribution in [0.3, 0.4) is 0 Å². The fourth-order valence-electron chi connectivity index (χ4n) is 4.88. The van der Waals surface area contributed by atoms with Gasteiger partial charge in [-0.2, -0.15) is 5.10 Å². The number of amides is 1. The maximum atomic E-state index is 13.9. The van der Waals surface area contributed by atoms with Crippen LogP contribution in [-0.2, 0) is 29.5 Å². The van der Waals surface area contributed by atoms with Gasteiger partial charge in [-0.25, -0.2) is 23.3 Å². The maximum Gasteiger partial charge on any atom is 0.475 e. The number of rotatable bonds is 18. The van der Waals surface area contributed by atoms with Crippen molar-refractivity contribution < 1.29 is 36.4 Å². The molecule has 2 aromatic carbocycles. The number of phosphoric ester groups is 1. The first-order chi connectivity index (χ1) is 24.0. The third kappa shape index (κ3) is 12.9. The molecule has 0 spiro atoms. The van der Waals surface area contributed by atoms with Gasteiger partial charge >= 0.3 is 7.82 Å². The van der Waals surface area contributed by atoms with Gasteiger partial charge in [-0.1, -0.05) is 13.0 Å². The first kappa shape index (κ1) is 39.8. The molecule has 13 nitrogen and oxygen atoms in total. The molecule has 0 bridgehead atoms. The van der Waals surface area contributed by atoms with E-state index in [-0.39, 0.29) is 18.8 Å².